The molecule has 1 amide bonds. The Hall–Kier alpha value is -3.02. The summed E-state index contributed by atoms with van der Waals surface area (Å²) in [5, 5.41) is 3.97. The van der Waals surface area contributed by atoms with Crippen molar-refractivity contribution in [2.75, 3.05) is 31.7 Å². The van der Waals surface area contributed by atoms with Crippen LogP contribution in [0.4, 0.5) is 5.69 Å². The largest absolute Gasteiger partial charge is 0.493 e. The van der Waals surface area contributed by atoms with Crippen molar-refractivity contribution in [3.05, 3.63) is 54.1 Å². The molecule has 1 aliphatic rings. The highest BCUT2D eigenvalue weighted by Gasteiger charge is 2.11. The molecular weight excluding hydrogens is 330 g/mol. The molecule has 2 aromatic carbocycles. The van der Waals surface area contributed by atoms with Crippen LogP contribution in [-0.2, 0) is 4.79 Å². The molecule has 0 saturated carbocycles. The number of amides is 1. The Morgan fingerprint density at radius 3 is 2.50 bits per heavy atom. The molecule has 3 rings (SSSR count). The summed E-state index contributed by atoms with van der Waals surface area (Å²) in [7, 11) is 1.56. The van der Waals surface area contributed by atoms with Gasteiger partial charge in [-0.05, 0) is 42.7 Å². The molecule has 0 aromatic heterocycles. The van der Waals surface area contributed by atoms with Crippen molar-refractivity contribution in [2.24, 2.45) is 5.10 Å². The highest BCUT2D eigenvalue weighted by molar-refractivity contribution is 5.83. The van der Waals surface area contributed by atoms with E-state index in [1.165, 1.54) is 18.5 Å². The third-order valence-electron chi connectivity index (χ3n) is 4.20. The molecule has 0 atom stereocenters. The maximum absolute atomic E-state index is 11.8. The van der Waals surface area contributed by atoms with Crippen LogP contribution in [0, 0.1) is 0 Å². The first kappa shape index (κ1) is 17.8. The van der Waals surface area contributed by atoms with Crippen molar-refractivity contribution < 1.29 is 14.3 Å². The minimum atomic E-state index is -0.333. The second-order valence-electron chi connectivity index (χ2n) is 6.02. The van der Waals surface area contributed by atoms with Crippen molar-refractivity contribution in [2.45, 2.75) is 12.8 Å². The third kappa shape index (κ3) is 4.75. The van der Waals surface area contributed by atoms with Crippen LogP contribution in [0.2, 0.25) is 0 Å². The Morgan fingerprint density at radius 2 is 1.81 bits per heavy atom. The topological polar surface area (TPSA) is 63.2 Å². The maximum Gasteiger partial charge on any atom is 0.277 e. The van der Waals surface area contributed by atoms with Crippen LogP contribution >= 0.6 is 0 Å². The van der Waals surface area contributed by atoms with Gasteiger partial charge >= 0.3 is 0 Å². The second kappa shape index (κ2) is 8.89. The summed E-state index contributed by atoms with van der Waals surface area (Å²) in [5.41, 5.74) is 4.62. The SMILES string of the molecule is COc1ccccc1OCC(=O)NN=Cc1ccc(N2CCCC2)cc1. The molecule has 26 heavy (non-hydrogen) atoms. The number of hydrogen-bond donors (Lipinski definition) is 1. The fourth-order valence-corrected chi connectivity index (χ4v) is 2.84. The van der Waals surface area contributed by atoms with Crippen LogP contribution < -0.4 is 19.8 Å². The zero-order valence-corrected chi connectivity index (χ0v) is 14.9. The average Bonchev–Trinajstić information content (AvgIpc) is 3.22. The first-order valence-corrected chi connectivity index (χ1v) is 8.69. The van der Waals surface area contributed by atoms with Gasteiger partial charge in [0.2, 0.25) is 0 Å². The summed E-state index contributed by atoms with van der Waals surface area (Å²) in [6, 6.07) is 15.3. The van der Waals surface area contributed by atoms with Gasteiger partial charge in [0.15, 0.2) is 18.1 Å². The molecule has 1 fully saturated rings. The second-order valence-corrected chi connectivity index (χ2v) is 6.02. The van der Waals surface area contributed by atoms with Gasteiger partial charge < -0.3 is 14.4 Å². The van der Waals surface area contributed by atoms with Crippen LogP contribution in [0.5, 0.6) is 11.5 Å². The van der Waals surface area contributed by atoms with Crippen molar-refractivity contribution in [3.8, 4) is 11.5 Å². The van der Waals surface area contributed by atoms with Crippen LogP contribution in [0.3, 0.4) is 0 Å². The van der Waals surface area contributed by atoms with Crippen molar-refractivity contribution in [1.82, 2.24) is 5.43 Å². The Bertz CT molecular complexity index is 753. The minimum Gasteiger partial charge on any atom is -0.493 e. The summed E-state index contributed by atoms with van der Waals surface area (Å²) >= 11 is 0. The van der Waals surface area contributed by atoms with Gasteiger partial charge in [0.1, 0.15) is 0 Å². The van der Waals surface area contributed by atoms with Crippen molar-refractivity contribution in [3.63, 3.8) is 0 Å². The molecule has 0 radical (unpaired) electrons. The van der Waals surface area contributed by atoms with Crippen molar-refractivity contribution in [1.29, 1.82) is 0 Å². The number of nitrogens with zero attached hydrogens (tertiary/aromatic N) is 2. The summed E-state index contributed by atoms with van der Waals surface area (Å²) < 4.78 is 10.6. The predicted octanol–water partition coefficient (Wildman–Crippen LogP) is 2.82. The zero-order chi connectivity index (χ0) is 18.2. The number of ether oxygens (including phenoxy) is 2. The summed E-state index contributed by atoms with van der Waals surface area (Å²) in [4.78, 5) is 14.2. The van der Waals surface area contributed by atoms with Gasteiger partial charge in [0.05, 0.1) is 13.3 Å². The van der Waals surface area contributed by atoms with E-state index in [0.717, 1.165) is 18.7 Å². The number of hydrazone groups is 1. The Balaban J connectivity index is 1.46. The monoisotopic (exact) mass is 353 g/mol. The molecule has 6 heteroatoms. The number of benzene rings is 2. The normalized spacial score (nSPS) is 13.8. The third-order valence-corrected chi connectivity index (χ3v) is 4.20. The lowest BCUT2D eigenvalue weighted by atomic mass is 10.2. The van der Waals surface area contributed by atoms with E-state index in [2.05, 4.69) is 27.6 Å². The van der Waals surface area contributed by atoms with Gasteiger partial charge in [0, 0.05) is 18.8 Å². The molecular formula is C20H23N3O3. The average molecular weight is 353 g/mol. The maximum atomic E-state index is 11.8. The lowest BCUT2D eigenvalue weighted by Gasteiger charge is -2.17. The Labute approximate surface area is 153 Å². The molecule has 1 aliphatic heterocycles. The number of carbonyl (C=O) groups is 1. The Morgan fingerprint density at radius 1 is 1.12 bits per heavy atom. The first-order chi connectivity index (χ1) is 12.8. The zero-order valence-electron chi connectivity index (χ0n) is 14.9. The standard InChI is InChI=1S/C20H23N3O3/c1-25-18-6-2-3-7-19(18)26-15-20(24)22-21-14-16-8-10-17(11-9-16)23-12-4-5-13-23/h2-3,6-11,14H,4-5,12-13,15H2,1H3,(H,22,24). The molecule has 0 unspecified atom stereocenters. The molecule has 0 spiro atoms. The molecule has 6 nitrogen and oxygen atoms in total. The smallest absolute Gasteiger partial charge is 0.277 e. The number of carbonyl (C=O) groups excluding carboxylic acids is 1. The predicted molar refractivity (Wildman–Crippen MR) is 102 cm³/mol. The highest BCUT2D eigenvalue weighted by atomic mass is 16.5. The van der Waals surface area contributed by atoms with Crippen LogP contribution in [-0.4, -0.2) is 38.9 Å². The summed E-state index contributed by atoms with van der Waals surface area (Å²) in [6.07, 6.45) is 4.13. The van der Waals surface area contributed by atoms with E-state index in [1.54, 1.807) is 25.5 Å². The number of methoxy groups -OCH3 is 1. The first-order valence-electron chi connectivity index (χ1n) is 8.69. The number of rotatable bonds is 7. The van der Waals surface area contributed by atoms with E-state index in [0.29, 0.717) is 11.5 Å². The number of para-hydroxylation sites is 2. The lowest BCUT2D eigenvalue weighted by Crippen LogP contribution is -2.24. The van der Waals surface area contributed by atoms with Gasteiger partial charge in [-0.15, -0.1) is 0 Å². The summed E-state index contributed by atoms with van der Waals surface area (Å²) in [5.74, 6) is 0.773. The quantitative estimate of drug-likeness (QED) is 0.614. The number of hydrogen-bond acceptors (Lipinski definition) is 5. The van der Waals surface area contributed by atoms with Crippen LogP contribution in [0.25, 0.3) is 0 Å². The number of anilines is 1. The fourth-order valence-electron chi connectivity index (χ4n) is 2.84. The van der Waals surface area contributed by atoms with E-state index in [-0.39, 0.29) is 12.5 Å². The van der Waals surface area contributed by atoms with E-state index in [4.69, 9.17) is 9.47 Å². The minimum absolute atomic E-state index is 0.133. The molecule has 0 bridgehead atoms. The van der Waals surface area contributed by atoms with E-state index < -0.39 is 0 Å². The van der Waals surface area contributed by atoms with Crippen LogP contribution in [0.15, 0.2) is 53.6 Å². The lowest BCUT2D eigenvalue weighted by molar-refractivity contribution is -0.123. The van der Waals surface area contributed by atoms with E-state index in [9.17, 15) is 4.79 Å². The molecule has 1 heterocycles. The highest BCUT2D eigenvalue weighted by Crippen LogP contribution is 2.25. The number of nitrogens with one attached hydrogen (secondary N) is 1. The summed E-state index contributed by atoms with van der Waals surface area (Å²) in [6.45, 7) is 2.11. The van der Waals surface area contributed by atoms with Gasteiger partial charge in [-0.3, -0.25) is 4.79 Å². The van der Waals surface area contributed by atoms with Gasteiger partial charge in [-0.25, -0.2) is 5.43 Å². The fraction of sp³-hybridized carbons (Fsp3) is 0.300. The Kier molecular flexibility index (Phi) is 6.09. The van der Waals surface area contributed by atoms with E-state index >= 15 is 0 Å². The molecule has 2 aromatic rings. The molecule has 0 aliphatic carbocycles. The van der Waals surface area contributed by atoms with Crippen LogP contribution in [0.1, 0.15) is 18.4 Å². The molecule has 1 saturated heterocycles. The van der Waals surface area contributed by atoms with E-state index in [1.807, 2.05) is 24.3 Å². The van der Waals surface area contributed by atoms with Gasteiger partial charge in [0.25, 0.3) is 5.91 Å². The molecule has 136 valence electrons. The van der Waals surface area contributed by atoms with Crippen molar-refractivity contribution >= 4 is 17.8 Å². The van der Waals surface area contributed by atoms with Gasteiger partial charge in [-0.1, -0.05) is 24.3 Å². The van der Waals surface area contributed by atoms with Gasteiger partial charge in [-0.2, -0.15) is 5.10 Å². The molecule has 1 N–H and O–H groups in total.